The highest BCUT2D eigenvalue weighted by Crippen LogP contribution is 2.28. The van der Waals surface area contributed by atoms with Crippen molar-refractivity contribution in [2.75, 3.05) is 44.6 Å². The van der Waals surface area contributed by atoms with Crippen LogP contribution in [0.25, 0.3) is 0 Å². The SMILES string of the molecule is COCCNS(=O)(=O)c1cccc(C(=O)Nc2cc(Cl)ccc2N(C)C)c1. The Kier molecular flexibility index (Phi) is 7.20. The summed E-state index contributed by atoms with van der Waals surface area (Å²) in [6.07, 6.45) is 0. The van der Waals surface area contributed by atoms with Crippen LogP contribution < -0.4 is 14.9 Å². The number of nitrogens with one attached hydrogen (secondary N) is 2. The highest BCUT2D eigenvalue weighted by molar-refractivity contribution is 7.89. The van der Waals surface area contributed by atoms with Gasteiger partial charge < -0.3 is 15.0 Å². The lowest BCUT2D eigenvalue weighted by atomic mass is 10.2. The molecule has 0 aliphatic heterocycles. The van der Waals surface area contributed by atoms with Gasteiger partial charge in [-0.2, -0.15) is 0 Å². The van der Waals surface area contributed by atoms with Gasteiger partial charge >= 0.3 is 0 Å². The summed E-state index contributed by atoms with van der Waals surface area (Å²) < 4.78 is 31.9. The Morgan fingerprint density at radius 3 is 2.59 bits per heavy atom. The van der Waals surface area contributed by atoms with E-state index in [0.29, 0.717) is 10.7 Å². The largest absolute Gasteiger partial charge is 0.383 e. The summed E-state index contributed by atoms with van der Waals surface area (Å²) in [5, 5.41) is 3.26. The van der Waals surface area contributed by atoms with E-state index in [1.807, 2.05) is 19.0 Å². The van der Waals surface area contributed by atoms with Gasteiger partial charge in [0.05, 0.1) is 22.9 Å². The van der Waals surface area contributed by atoms with Crippen molar-refractivity contribution in [3.63, 3.8) is 0 Å². The molecule has 0 radical (unpaired) electrons. The summed E-state index contributed by atoms with van der Waals surface area (Å²) in [6.45, 7) is 0.394. The molecule has 0 aliphatic carbocycles. The van der Waals surface area contributed by atoms with Crippen molar-refractivity contribution in [3.05, 3.63) is 53.1 Å². The van der Waals surface area contributed by atoms with E-state index in [9.17, 15) is 13.2 Å². The molecule has 9 heteroatoms. The van der Waals surface area contributed by atoms with Gasteiger partial charge in [0.15, 0.2) is 0 Å². The molecule has 0 aliphatic rings. The summed E-state index contributed by atoms with van der Waals surface area (Å²) in [5.74, 6) is -0.436. The van der Waals surface area contributed by atoms with Crippen LogP contribution in [0.5, 0.6) is 0 Å². The molecule has 2 aromatic rings. The smallest absolute Gasteiger partial charge is 0.255 e. The predicted octanol–water partition coefficient (Wildman–Crippen LogP) is 2.58. The van der Waals surface area contributed by atoms with Gasteiger partial charge in [-0.25, -0.2) is 13.1 Å². The van der Waals surface area contributed by atoms with Gasteiger partial charge in [0, 0.05) is 38.3 Å². The zero-order valence-electron chi connectivity index (χ0n) is 15.3. The molecule has 146 valence electrons. The minimum atomic E-state index is -3.73. The van der Waals surface area contributed by atoms with Gasteiger partial charge in [0.2, 0.25) is 10.0 Å². The molecule has 0 saturated heterocycles. The van der Waals surface area contributed by atoms with Crippen molar-refractivity contribution in [1.29, 1.82) is 0 Å². The summed E-state index contributed by atoms with van der Waals surface area (Å²) >= 11 is 6.03. The number of anilines is 2. The summed E-state index contributed by atoms with van der Waals surface area (Å²) in [4.78, 5) is 14.5. The average Bonchev–Trinajstić information content (AvgIpc) is 2.61. The van der Waals surface area contributed by atoms with Gasteiger partial charge in [-0.05, 0) is 36.4 Å². The number of carbonyl (C=O) groups is 1. The monoisotopic (exact) mass is 411 g/mol. The number of amides is 1. The normalized spacial score (nSPS) is 11.3. The maximum Gasteiger partial charge on any atom is 0.255 e. The number of rotatable bonds is 8. The minimum Gasteiger partial charge on any atom is -0.383 e. The zero-order valence-corrected chi connectivity index (χ0v) is 16.9. The molecule has 2 rings (SSSR count). The molecule has 27 heavy (non-hydrogen) atoms. The fourth-order valence-corrected chi connectivity index (χ4v) is 3.59. The number of benzene rings is 2. The highest BCUT2D eigenvalue weighted by Gasteiger charge is 2.17. The number of hydrogen-bond acceptors (Lipinski definition) is 5. The Balaban J connectivity index is 2.25. The molecule has 7 nitrogen and oxygen atoms in total. The van der Waals surface area contributed by atoms with E-state index in [0.717, 1.165) is 5.69 Å². The molecular formula is C18H22ClN3O4S. The van der Waals surface area contributed by atoms with Crippen molar-refractivity contribution >= 4 is 38.9 Å². The van der Waals surface area contributed by atoms with Crippen LogP contribution in [0.15, 0.2) is 47.4 Å². The first-order chi connectivity index (χ1) is 12.7. The average molecular weight is 412 g/mol. The first-order valence-electron chi connectivity index (χ1n) is 8.11. The number of hydrogen-bond donors (Lipinski definition) is 2. The molecular weight excluding hydrogens is 390 g/mol. The molecule has 0 fully saturated rings. The van der Waals surface area contributed by atoms with E-state index < -0.39 is 15.9 Å². The van der Waals surface area contributed by atoms with E-state index >= 15 is 0 Å². The van der Waals surface area contributed by atoms with Gasteiger partial charge in [-0.15, -0.1) is 0 Å². The Labute approximate surface area is 164 Å². The number of methoxy groups -OCH3 is 1. The first-order valence-corrected chi connectivity index (χ1v) is 9.97. The second-order valence-electron chi connectivity index (χ2n) is 5.93. The van der Waals surface area contributed by atoms with E-state index in [1.54, 1.807) is 24.3 Å². The van der Waals surface area contributed by atoms with Crippen LogP contribution >= 0.6 is 11.6 Å². The summed E-state index contributed by atoms with van der Waals surface area (Å²) in [6, 6.07) is 11.0. The highest BCUT2D eigenvalue weighted by atomic mass is 35.5. The number of ether oxygens (including phenoxy) is 1. The van der Waals surface area contributed by atoms with Gasteiger partial charge in [-0.3, -0.25) is 4.79 Å². The van der Waals surface area contributed by atoms with Crippen LogP contribution in [0.4, 0.5) is 11.4 Å². The van der Waals surface area contributed by atoms with Crippen LogP contribution in [0.3, 0.4) is 0 Å². The number of sulfonamides is 1. The molecule has 0 bridgehead atoms. The van der Waals surface area contributed by atoms with Gasteiger partial charge in [0.25, 0.3) is 5.91 Å². The lowest BCUT2D eigenvalue weighted by molar-refractivity contribution is 0.102. The first kappa shape index (κ1) is 21.2. The number of carbonyl (C=O) groups excluding carboxylic acids is 1. The predicted molar refractivity (Wildman–Crippen MR) is 107 cm³/mol. The standard InChI is InChI=1S/C18H22ClN3O4S/c1-22(2)17-8-7-14(19)12-16(17)21-18(23)13-5-4-6-15(11-13)27(24,25)20-9-10-26-3/h4-8,11-12,20H,9-10H2,1-3H3,(H,21,23). The quantitative estimate of drug-likeness (QED) is 0.652. The maximum absolute atomic E-state index is 12.6. The fourth-order valence-electron chi connectivity index (χ4n) is 2.36. The van der Waals surface area contributed by atoms with E-state index in [2.05, 4.69) is 10.0 Å². The Bertz CT molecular complexity index is 917. The molecule has 0 aromatic heterocycles. The van der Waals surface area contributed by atoms with Crippen LogP contribution in [0.1, 0.15) is 10.4 Å². The van der Waals surface area contributed by atoms with Crippen LogP contribution in [-0.2, 0) is 14.8 Å². The third-order valence-corrected chi connectivity index (χ3v) is 5.39. The topological polar surface area (TPSA) is 87.7 Å². The maximum atomic E-state index is 12.6. The Morgan fingerprint density at radius 1 is 1.19 bits per heavy atom. The molecule has 0 unspecified atom stereocenters. The van der Waals surface area contributed by atoms with Crippen LogP contribution in [0.2, 0.25) is 5.02 Å². The molecule has 0 spiro atoms. The lowest BCUT2D eigenvalue weighted by Gasteiger charge is -2.18. The van der Waals surface area contributed by atoms with Crippen molar-refractivity contribution < 1.29 is 17.9 Å². The molecule has 2 aromatic carbocycles. The molecule has 0 saturated carbocycles. The van der Waals surface area contributed by atoms with Crippen LogP contribution in [0, 0.1) is 0 Å². The van der Waals surface area contributed by atoms with E-state index in [-0.39, 0.29) is 23.6 Å². The minimum absolute atomic E-state index is 0.00480. The van der Waals surface area contributed by atoms with Gasteiger partial charge in [-0.1, -0.05) is 17.7 Å². The lowest BCUT2D eigenvalue weighted by Crippen LogP contribution is -2.27. The Morgan fingerprint density at radius 2 is 1.93 bits per heavy atom. The molecule has 1 amide bonds. The van der Waals surface area contributed by atoms with Crippen molar-refractivity contribution in [2.45, 2.75) is 4.90 Å². The molecule has 0 heterocycles. The second kappa shape index (κ2) is 9.18. The van der Waals surface area contributed by atoms with Gasteiger partial charge in [0.1, 0.15) is 0 Å². The number of nitrogens with zero attached hydrogens (tertiary/aromatic N) is 1. The van der Waals surface area contributed by atoms with Crippen molar-refractivity contribution in [1.82, 2.24) is 4.72 Å². The second-order valence-corrected chi connectivity index (χ2v) is 8.13. The van der Waals surface area contributed by atoms with Crippen molar-refractivity contribution in [3.8, 4) is 0 Å². The van der Waals surface area contributed by atoms with Crippen LogP contribution in [-0.4, -0.2) is 48.7 Å². The summed E-state index contributed by atoms with van der Waals surface area (Å²) in [7, 11) is 1.44. The van der Waals surface area contributed by atoms with E-state index in [1.165, 1.54) is 25.3 Å². The molecule has 0 atom stereocenters. The number of halogens is 1. The molecule has 2 N–H and O–H groups in total. The summed E-state index contributed by atoms with van der Waals surface area (Å²) in [5.41, 5.74) is 1.52. The Hall–Kier alpha value is -2.13. The van der Waals surface area contributed by atoms with Crippen molar-refractivity contribution in [2.24, 2.45) is 0 Å². The van der Waals surface area contributed by atoms with E-state index in [4.69, 9.17) is 16.3 Å². The zero-order chi connectivity index (χ0) is 20.0. The third-order valence-electron chi connectivity index (χ3n) is 3.69. The fraction of sp³-hybridized carbons (Fsp3) is 0.278. The third kappa shape index (κ3) is 5.67.